The Morgan fingerprint density at radius 2 is 2.11 bits per heavy atom. The maximum Gasteiger partial charge on any atom is 0.216 e. The van der Waals surface area contributed by atoms with Crippen molar-refractivity contribution in [2.75, 3.05) is 5.73 Å². The van der Waals surface area contributed by atoms with E-state index in [9.17, 15) is 8.42 Å². The van der Waals surface area contributed by atoms with Crippen LogP contribution in [0.15, 0.2) is 35.7 Å². The van der Waals surface area contributed by atoms with E-state index in [4.69, 9.17) is 5.73 Å². The van der Waals surface area contributed by atoms with Gasteiger partial charge in [-0.25, -0.2) is 13.1 Å². The second kappa shape index (κ2) is 5.73. The highest BCUT2D eigenvalue weighted by molar-refractivity contribution is 7.88. The maximum absolute atomic E-state index is 12.0. The zero-order valence-electron chi connectivity index (χ0n) is 10.6. The fraction of sp³-hybridized carbons (Fsp3) is 0.231. The Bertz CT molecular complexity index is 663. The Morgan fingerprint density at radius 3 is 2.74 bits per heavy atom. The van der Waals surface area contributed by atoms with Crippen molar-refractivity contribution in [3.8, 4) is 0 Å². The van der Waals surface area contributed by atoms with E-state index >= 15 is 0 Å². The fourth-order valence-electron chi connectivity index (χ4n) is 1.71. The Morgan fingerprint density at radius 1 is 1.32 bits per heavy atom. The van der Waals surface area contributed by atoms with E-state index in [1.807, 2.05) is 18.4 Å². The molecular formula is C13H16N2O2S2. The first-order valence-corrected chi connectivity index (χ1v) is 8.34. The van der Waals surface area contributed by atoms with Gasteiger partial charge in [0.1, 0.15) is 0 Å². The molecule has 0 aliphatic carbocycles. The third-order valence-electron chi connectivity index (χ3n) is 2.73. The molecule has 0 radical (unpaired) electrons. The van der Waals surface area contributed by atoms with Crippen molar-refractivity contribution in [2.45, 2.75) is 19.2 Å². The van der Waals surface area contributed by atoms with Crippen molar-refractivity contribution < 1.29 is 8.42 Å². The number of hydrogen-bond donors (Lipinski definition) is 2. The summed E-state index contributed by atoms with van der Waals surface area (Å²) in [5, 5.41) is 1.96. The van der Waals surface area contributed by atoms with Crippen molar-refractivity contribution in [3.05, 3.63) is 51.7 Å². The first-order chi connectivity index (χ1) is 8.96. The Kier molecular flexibility index (Phi) is 4.24. The van der Waals surface area contributed by atoms with Gasteiger partial charge in [-0.1, -0.05) is 12.1 Å². The summed E-state index contributed by atoms with van der Waals surface area (Å²) in [4.78, 5) is 1.04. The number of sulfonamides is 1. The SMILES string of the molecule is Cc1ccsc1CNS(=O)(=O)Cc1cccc(N)c1. The number of nitrogen functional groups attached to an aromatic ring is 1. The molecule has 0 amide bonds. The van der Waals surface area contributed by atoms with Crippen molar-refractivity contribution in [3.63, 3.8) is 0 Å². The van der Waals surface area contributed by atoms with E-state index < -0.39 is 10.0 Å². The number of anilines is 1. The predicted octanol–water partition coefficient (Wildman–Crippen LogP) is 2.26. The molecule has 6 heteroatoms. The number of nitrogens with two attached hydrogens (primary N) is 1. The molecule has 0 aliphatic rings. The van der Waals surface area contributed by atoms with E-state index in [0.717, 1.165) is 10.4 Å². The van der Waals surface area contributed by atoms with Crippen LogP contribution in [-0.4, -0.2) is 8.42 Å². The quantitative estimate of drug-likeness (QED) is 0.831. The van der Waals surface area contributed by atoms with Gasteiger partial charge >= 0.3 is 0 Å². The second-order valence-electron chi connectivity index (χ2n) is 4.35. The zero-order valence-corrected chi connectivity index (χ0v) is 12.2. The van der Waals surface area contributed by atoms with Crippen LogP contribution in [-0.2, 0) is 22.3 Å². The maximum atomic E-state index is 12.0. The molecular weight excluding hydrogens is 280 g/mol. The Labute approximate surface area is 117 Å². The summed E-state index contributed by atoms with van der Waals surface area (Å²) in [7, 11) is -3.34. The van der Waals surface area contributed by atoms with E-state index in [0.29, 0.717) is 17.8 Å². The van der Waals surface area contributed by atoms with Crippen LogP contribution in [0.2, 0.25) is 0 Å². The van der Waals surface area contributed by atoms with Crippen LogP contribution in [0.5, 0.6) is 0 Å². The molecule has 0 unspecified atom stereocenters. The molecule has 19 heavy (non-hydrogen) atoms. The Hall–Kier alpha value is -1.37. The Balaban J connectivity index is 2.01. The molecule has 0 atom stereocenters. The standard InChI is InChI=1S/C13H16N2O2S2/c1-10-5-6-18-13(10)8-15-19(16,17)9-11-3-2-4-12(14)7-11/h2-7,15H,8-9,14H2,1H3. The molecule has 4 nitrogen and oxygen atoms in total. The van der Waals surface area contributed by atoms with E-state index in [-0.39, 0.29) is 5.75 Å². The lowest BCUT2D eigenvalue weighted by Gasteiger charge is -2.07. The lowest BCUT2D eigenvalue weighted by atomic mass is 10.2. The minimum absolute atomic E-state index is 0.0531. The van der Waals surface area contributed by atoms with Gasteiger partial charge in [0.25, 0.3) is 0 Å². The van der Waals surface area contributed by atoms with Gasteiger partial charge in [0.15, 0.2) is 0 Å². The molecule has 0 fully saturated rings. The second-order valence-corrected chi connectivity index (χ2v) is 7.16. The van der Waals surface area contributed by atoms with E-state index in [1.54, 1.807) is 35.6 Å². The minimum Gasteiger partial charge on any atom is -0.399 e. The number of rotatable bonds is 5. The van der Waals surface area contributed by atoms with Crippen LogP contribution in [0, 0.1) is 6.92 Å². The van der Waals surface area contributed by atoms with E-state index in [1.165, 1.54) is 0 Å². The molecule has 0 aliphatic heterocycles. The lowest BCUT2D eigenvalue weighted by Crippen LogP contribution is -2.24. The average Bonchev–Trinajstić information content (AvgIpc) is 2.72. The molecule has 1 heterocycles. The van der Waals surface area contributed by atoms with Crippen LogP contribution >= 0.6 is 11.3 Å². The van der Waals surface area contributed by atoms with Crippen molar-refractivity contribution in [1.82, 2.24) is 4.72 Å². The van der Waals surface area contributed by atoms with Crippen LogP contribution < -0.4 is 10.5 Å². The molecule has 2 aromatic rings. The fourth-order valence-corrected chi connectivity index (χ4v) is 3.74. The summed E-state index contributed by atoms with van der Waals surface area (Å²) >= 11 is 1.55. The molecule has 3 N–H and O–H groups in total. The summed E-state index contributed by atoms with van der Waals surface area (Å²) in [6, 6.07) is 8.90. The summed E-state index contributed by atoms with van der Waals surface area (Å²) in [6.07, 6.45) is 0. The third kappa shape index (κ3) is 4.05. The van der Waals surface area contributed by atoms with Crippen LogP contribution in [0.25, 0.3) is 0 Å². The van der Waals surface area contributed by atoms with Gasteiger partial charge in [-0.2, -0.15) is 0 Å². The number of aryl methyl sites for hydroxylation is 1. The first-order valence-electron chi connectivity index (χ1n) is 5.81. The van der Waals surface area contributed by atoms with Gasteiger partial charge in [-0.3, -0.25) is 0 Å². The molecule has 0 saturated heterocycles. The number of hydrogen-bond acceptors (Lipinski definition) is 4. The van der Waals surface area contributed by atoms with Crippen molar-refractivity contribution in [1.29, 1.82) is 0 Å². The zero-order chi connectivity index (χ0) is 13.9. The van der Waals surface area contributed by atoms with Gasteiger partial charge in [0, 0.05) is 17.1 Å². The molecule has 102 valence electrons. The monoisotopic (exact) mass is 296 g/mol. The molecule has 2 rings (SSSR count). The van der Waals surface area contributed by atoms with Gasteiger partial charge in [0.05, 0.1) is 5.75 Å². The summed E-state index contributed by atoms with van der Waals surface area (Å²) in [5.74, 6) is -0.0531. The molecule has 0 bridgehead atoms. The number of benzene rings is 1. The molecule has 1 aromatic heterocycles. The normalized spacial score (nSPS) is 11.6. The van der Waals surface area contributed by atoms with Gasteiger partial charge in [-0.15, -0.1) is 11.3 Å². The van der Waals surface area contributed by atoms with Crippen LogP contribution in [0.4, 0.5) is 5.69 Å². The number of nitrogens with one attached hydrogen (secondary N) is 1. The first kappa shape index (κ1) is 14.0. The predicted molar refractivity (Wildman–Crippen MR) is 79.4 cm³/mol. The summed E-state index contributed by atoms with van der Waals surface area (Å²) < 4.78 is 26.6. The largest absolute Gasteiger partial charge is 0.399 e. The molecule has 1 aromatic carbocycles. The lowest BCUT2D eigenvalue weighted by molar-refractivity contribution is 0.581. The van der Waals surface area contributed by atoms with Crippen LogP contribution in [0.3, 0.4) is 0 Å². The highest BCUT2D eigenvalue weighted by Gasteiger charge is 2.12. The van der Waals surface area contributed by atoms with Gasteiger partial charge in [-0.05, 0) is 41.6 Å². The minimum atomic E-state index is -3.34. The average molecular weight is 296 g/mol. The van der Waals surface area contributed by atoms with E-state index in [2.05, 4.69) is 4.72 Å². The topological polar surface area (TPSA) is 72.2 Å². The highest BCUT2D eigenvalue weighted by Crippen LogP contribution is 2.16. The summed E-state index contributed by atoms with van der Waals surface area (Å²) in [5.41, 5.74) is 8.00. The molecule has 0 saturated carbocycles. The van der Waals surface area contributed by atoms with Gasteiger partial charge < -0.3 is 5.73 Å². The van der Waals surface area contributed by atoms with Crippen LogP contribution in [0.1, 0.15) is 16.0 Å². The third-order valence-corrected chi connectivity index (χ3v) is 5.05. The van der Waals surface area contributed by atoms with Crippen molar-refractivity contribution >= 4 is 27.0 Å². The molecule has 0 spiro atoms. The highest BCUT2D eigenvalue weighted by atomic mass is 32.2. The van der Waals surface area contributed by atoms with Crippen molar-refractivity contribution in [2.24, 2.45) is 0 Å². The summed E-state index contributed by atoms with van der Waals surface area (Å²) in [6.45, 7) is 2.31. The number of thiophene rings is 1. The smallest absolute Gasteiger partial charge is 0.216 e. The van der Waals surface area contributed by atoms with Gasteiger partial charge in [0.2, 0.25) is 10.0 Å².